The minimum absolute atomic E-state index is 0.0223. The number of amides is 1. The fourth-order valence-electron chi connectivity index (χ4n) is 1.75. The van der Waals surface area contributed by atoms with Crippen LogP contribution in [0.2, 0.25) is 0 Å². The molecule has 0 unspecified atom stereocenters. The Morgan fingerprint density at radius 2 is 2.10 bits per heavy atom. The zero-order valence-electron chi connectivity index (χ0n) is 11.9. The predicted octanol–water partition coefficient (Wildman–Crippen LogP) is -0.176. The van der Waals surface area contributed by atoms with Crippen molar-refractivity contribution in [1.29, 1.82) is 0 Å². The number of hydrogen-bond acceptors (Lipinski definition) is 5. The van der Waals surface area contributed by atoms with Crippen molar-refractivity contribution in [2.24, 2.45) is 0 Å². The number of carboxylic acids is 1. The quantitative estimate of drug-likeness (QED) is 0.610. The van der Waals surface area contributed by atoms with E-state index in [0.29, 0.717) is 6.54 Å². The Labute approximate surface area is 117 Å². The largest absolute Gasteiger partial charge is 0.476 e. The maximum Gasteiger partial charge on any atom is 0.358 e. The topological polar surface area (TPSA) is 100 Å². The second-order valence-electron chi connectivity index (χ2n) is 4.34. The maximum atomic E-state index is 11.6. The number of carbonyl (C=O) groups excluding carboxylic acids is 1. The van der Waals surface area contributed by atoms with Gasteiger partial charge in [-0.1, -0.05) is 19.1 Å². The van der Waals surface area contributed by atoms with Gasteiger partial charge >= 0.3 is 5.97 Å². The highest BCUT2D eigenvalue weighted by molar-refractivity contribution is 5.84. The highest BCUT2D eigenvalue weighted by Crippen LogP contribution is 1.93. The van der Waals surface area contributed by atoms with Gasteiger partial charge in [0.1, 0.15) is 6.54 Å². The molecule has 8 heteroatoms. The molecule has 0 saturated carbocycles. The molecule has 2 N–H and O–H groups in total. The molecule has 0 fully saturated rings. The van der Waals surface area contributed by atoms with E-state index in [9.17, 15) is 9.59 Å². The van der Waals surface area contributed by atoms with Gasteiger partial charge in [-0.2, -0.15) is 0 Å². The molecule has 1 aromatic rings. The molecule has 0 aliphatic carbocycles. The summed E-state index contributed by atoms with van der Waals surface area (Å²) in [4.78, 5) is 24.5. The Morgan fingerprint density at radius 1 is 1.40 bits per heavy atom. The summed E-state index contributed by atoms with van der Waals surface area (Å²) in [5, 5.41) is 18.5. The van der Waals surface area contributed by atoms with Gasteiger partial charge in [-0.25, -0.2) is 9.48 Å². The Morgan fingerprint density at radius 3 is 2.65 bits per heavy atom. The van der Waals surface area contributed by atoms with E-state index in [-0.39, 0.29) is 18.1 Å². The first-order valence-corrected chi connectivity index (χ1v) is 6.69. The zero-order valence-corrected chi connectivity index (χ0v) is 11.9. The van der Waals surface area contributed by atoms with Gasteiger partial charge in [0.15, 0.2) is 5.69 Å². The SMILES string of the molecule is CCN(CC)CCCNC(=O)Cn1cc(C(=O)O)nn1. The summed E-state index contributed by atoms with van der Waals surface area (Å²) in [6.45, 7) is 7.73. The number of carbonyl (C=O) groups is 2. The molecule has 20 heavy (non-hydrogen) atoms. The maximum absolute atomic E-state index is 11.6. The number of carboxylic acid groups (broad SMARTS) is 1. The minimum atomic E-state index is -1.16. The predicted molar refractivity (Wildman–Crippen MR) is 72.4 cm³/mol. The van der Waals surface area contributed by atoms with Gasteiger partial charge in [-0.15, -0.1) is 5.10 Å². The molecule has 1 aromatic heterocycles. The van der Waals surface area contributed by atoms with Crippen LogP contribution >= 0.6 is 0 Å². The summed E-state index contributed by atoms with van der Waals surface area (Å²) < 4.78 is 1.21. The van der Waals surface area contributed by atoms with Crippen LogP contribution in [0.1, 0.15) is 30.8 Å². The third-order valence-electron chi connectivity index (χ3n) is 2.93. The van der Waals surface area contributed by atoms with Crippen molar-refractivity contribution in [2.45, 2.75) is 26.8 Å². The Hall–Kier alpha value is -1.96. The van der Waals surface area contributed by atoms with Gasteiger partial charge in [0, 0.05) is 6.54 Å². The number of nitrogens with one attached hydrogen (secondary N) is 1. The molecule has 1 amide bonds. The van der Waals surface area contributed by atoms with E-state index >= 15 is 0 Å². The van der Waals surface area contributed by atoms with E-state index in [1.54, 1.807) is 0 Å². The fourth-order valence-corrected chi connectivity index (χ4v) is 1.75. The molecule has 1 rings (SSSR count). The Balaban J connectivity index is 2.24. The van der Waals surface area contributed by atoms with Crippen molar-refractivity contribution in [3.05, 3.63) is 11.9 Å². The first-order chi connectivity index (χ1) is 9.56. The van der Waals surface area contributed by atoms with Crippen molar-refractivity contribution in [3.8, 4) is 0 Å². The van der Waals surface area contributed by atoms with Gasteiger partial charge < -0.3 is 15.3 Å². The Kier molecular flexibility index (Phi) is 6.65. The van der Waals surface area contributed by atoms with Crippen LogP contribution in [-0.2, 0) is 11.3 Å². The molecule has 0 saturated heterocycles. The van der Waals surface area contributed by atoms with Gasteiger partial charge in [0.25, 0.3) is 0 Å². The lowest BCUT2D eigenvalue weighted by molar-refractivity contribution is -0.121. The second-order valence-corrected chi connectivity index (χ2v) is 4.34. The van der Waals surface area contributed by atoms with E-state index in [1.807, 2.05) is 0 Å². The average molecular weight is 283 g/mol. The van der Waals surface area contributed by atoms with E-state index in [4.69, 9.17) is 5.11 Å². The summed E-state index contributed by atoms with van der Waals surface area (Å²) >= 11 is 0. The number of aromatic carboxylic acids is 1. The number of hydrogen-bond donors (Lipinski definition) is 2. The first-order valence-electron chi connectivity index (χ1n) is 6.69. The summed E-state index contributed by atoms with van der Waals surface area (Å²) in [6.07, 6.45) is 2.11. The molecule has 0 spiro atoms. The summed E-state index contributed by atoms with van der Waals surface area (Å²) in [5.74, 6) is -1.36. The van der Waals surface area contributed by atoms with Crippen LogP contribution < -0.4 is 5.32 Å². The molecule has 0 aliphatic rings. The van der Waals surface area contributed by atoms with E-state index in [2.05, 4.69) is 34.4 Å². The van der Waals surface area contributed by atoms with Crippen LogP contribution in [0.4, 0.5) is 0 Å². The third-order valence-corrected chi connectivity index (χ3v) is 2.93. The molecule has 0 radical (unpaired) electrons. The van der Waals surface area contributed by atoms with Crippen molar-refractivity contribution in [3.63, 3.8) is 0 Å². The van der Waals surface area contributed by atoms with Crippen LogP contribution in [0.25, 0.3) is 0 Å². The number of aromatic nitrogens is 3. The number of rotatable bonds is 9. The average Bonchev–Trinajstić information content (AvgIpc) is 2.87. The second kappa shape index (κ2) is 8.26. The van der Waals surface area contributed by atoms with Crippen molar-refractivity contribution < 1.29 is 14.7 Å². The highest BCUT2D eigenvalue weighted by atomic mass is 16.4. The lowest BCUT2D eigenvalue weighted by Crippen LogP contribution is -2.31. The van der Waals surface area contributed by atoms with E-state index < -0.39 is 5.97 Å². The zero-order chi connectivity index (χ0) is 15.0. The standard InChI is InChI=1S/C12H21N5O3/c1-3-16(4-2)7-5-6-13-11(18)9-17-8-10(12(19)20)14-15-17/h8H,3-7,9H2,1-2H3,(H,13,18)(H,19,20). The lowest BCUT2D eigenvalue weighted by Gasteiger charge is -2.17. The first kappa shape index (κ1) is 16.1. The molecule has 8 nitrogen and oxygen atoms in total. The van der Waals surface area contributed by atoms with Gasteiger partial charge in [-0.3, -0.25) is 4.79 Å². The molecule has 1 heterocycles. The Bertz CT molecular complexity index is 442. The third kappa shape index (κ3) is 5.35. The molecule has 0 aliphatic heterocycles. The van der Waals surface area contributed by atoms with E-state index in [0.717, 1.165) is 26.1 Å². The normalized spacial score (nSPS) is 10.8. The molecule has 0 aromatic carbocycles. The summed E-state index contributed by atoms with van der Waals surface area (Å²) in [7, 11) is 0. The van der Waals surface area contributed by atoms with Crippen molar-refractivity contribution in [2.75, 3.05) is 26.2 Å². The monoisotopic (exact) mass is 283 g/mol. The molecule has 112 valence electrons. The molecular formula is C12H21N5O3. The summed E-state index contributed by atoms with van der Waals surface area (Å²) in [5.41, 5.74) is -0.167. The fraction of sp³-hybridized carbons (Fsp3) is 0.667. The summed E-state index contributed by atoms with van der Waals surface area (Å²) in [6, 6.07) is 0. The lowest BCUT2D eigenvalue weighted by atomic mass is 10.3. The number of nitrogens with zero attached hydrogens (tertiary/aromatic N) is 4. The molecule has 0 atom stereocenters. The van der Waals surface area contributed by atoms with E-state index in [1.165, 1.54) is 10.9 Å². The van der Waals surface area contributed by atoms with Crippen LogP contribution in [0.3, 0.4) is 0 Å². The van der Waals surface area contributed by atoms with Crippen LogP contribution in [0.5, 0.6) is 0 Å². The minimum Gasteiger partial charge on any atom is -0.476 e. The van der Waals surface area contributed by atoms with Crippen LogP contribution in [-0.4, -0.2) is 63.1 Å². The van der Waals surface area contributed by atoms with Crippen LogP contribution in [0.15, 0.2) is 6.20 Å². The van der Waals surface area contributed by atoms with Crippen molar-refractivity contribution >= 4 is 11.9 Å². The van der Waals surface area contributed by atoms with Gasteiger partial charge in [0.05, 0.1) is 6.20 Å². The smallest absolute Gasteiger partial charge is 0.358 e. The van der Waals surface area contributed by atoms with Gasteiger partial charge in [0.2, 0.25) is 5.91 Å². The molecule has 0 bridgehead atoms. The van der Waals surface area contributed by atoms with Gasteiger partial charge in [-0.05, 0) is 26.1 Å². The van der Waals surface area contributed by atoms with Crippen molar-refractivity contribution in [1.82, 2.24) is 25.2 Å². The van der Waals surface area contributed by atoms with Crippen LogP contribution in [0, 0.1) is 0 Å². The highest BCUT2D eigenvalue weighted by Gasteiger charge is 2.10. The molecular weight excluding hydrogens is 262 g/mol.